The van der Waals surface area contributed by atoms with Gasteiger partial charge in [0.25, 0.3) is 0 Å². The van der Waals surface area contributed by atoms with Gasteiger partial charge in [0.05, 0.1) is 26.1 Å². The Kier molecular flexibility index (Phi) is 7.07. The Bertz CT molecular complexity index is 614. The molecule has 0 spiro atoms. The van der Waals surface area contributed by atoms with Crippen molar-refractivity contribution in [3.8, 4) is 0 Å². The molecule has 0 bridgehead atoms. The summed E-state index contributed by atoms with van der Waals surface area (Å²) in [6, 6.07) is 10.3. The molecule has 0 saturated heterocycles. The predicted molar refractivity (Wildman–Crippen MR) is 105 cm³/mol. The van der Waals surface area contributed by atoms with Crippen LogP contribution in [0.15, 0.2) is 66.5 Å². The largest absolute Gasteiger partial charge is 0.501 e. The maximum atomic E-state index is 6.07. The van der Waals surface area contributed by atoms with Crippen LogP contribution >= 0.6 is 0 Å². The van der Waals surface area contributed by atoms with E-state index in [9.17, 15) is 0 Å². The fourth-order valence-electron chi connectivity index (χ4n) is 3.71. The van der Waals surface area contributed by atoms with E-state index in [4.69, 9.17) is 9.47 Å². The second-order valence-electron chi connectivity index (χ2n) is 7.29. The number of rotatable bonds is 9. The molecule has 1 aliphatic carbocycles. The smallest absolute Gasteiger partial charge is 0.0956 e. The van der Waals surface area contributed by atoms with Gasteiger partial charge in [-0.3, -0.25) is 0 Å². The first-order valence-electron chi connectivity index (χ1n) is 9.17. The van der Waals surface area contributed by atoms with Gasteiger partial charge in [0.15, 0.2) is 0 Å². The summed E-state index contributed by atoms with van der Waals surface area (Å²) < 4.78 is 11.8. The molecule has 0 amide bonds. The number of hydrogen-bond acceptors (Lipinski definition) is 2. The Morgan fingerprint density at radius 1 is 1.32 bits per heavy atom. The number of methoxy groups -OCH3 is 1. The van der Waals surface area contributed by atoms with Gasteiger partial charge in [-0.1, -0.05) is 48.9 Å². The van der Waals surface area contributed by atoms with Gasteiger partial charge in [0, 0.05) is 11.8 Å². The third-order valence-electron chi connectivity index (χ3n) is 5.46. The molecule has 2 nitrogen and oxygen atoms in total. The Balaban J connectivity index is 2.09. The topological polar surface area (TPSA) is 18.5 Å². The molecule has 0 unspecified atom stereocenters. The monoisotopic (exact) mass is 340 g/mol. The normalized spacial score (nSPS) is 23.4. The number of hydrogen-bond donors (Lipinski definition) is 0. The maximum Gasteiger partial charge on any atom is 0.0956 e. The van der Waals surface area contributed by atoms with Crippen molar-refractivity contribution in [2.45, 2.75) is 46.1 Å². The van der Waals surface area contributed by atoms with Crippen molar-refractivity contribution >= 4 is 0 Å². The number of benzene rings is 1. The minimum atomic E-state index is -0.0876. The molecule has 0 N–H and O–H groups in total. The fraction of sp³-hybridized carbons (Fsp3) is 0.478. The van der Waals surface area contributed by atoms with Crippen LogP contribution in [-0.4, -0.2) is 13.7 Å². The first-order valence-corrected chi connectivity index (χ1v) is 9.17. The molecule has 2 heteroatoms. The lowest BCUT2D eigenvalue weighted by Crippen LogP contribution is -2.35. The van der Waals surface area contributed by atoms with Crippen molar-refractivity contribution in [1.29, 1.82) is 0 Å². The van der Waals surface area contributed by atoms with Crippen molar-refractivity contribution in [3.63, 3.8) is 0 Å². The van der Waals surface area contributed by atoms with Crippen LogP contribution in [0.3, 0.4) is 0 Å². The van der Waals surface area contributed by atoms with Crippen molar-refractivity contribution in [2.24, 2.45) is 11.3 Å². The van der Waals surface area contributed by atoms with Gasteiger partial charge in [0.1, 0.15) is 0 Å². The van der Waals surface area contributed by atoms with Crippen LogP contribution < -0.4 is 0 Å². The highest BCUT2D eigenvalue weighted by atomic mass is 16.5. The van der Waals surface area contributed by atoms with Crippen LogP contribution in [0.4, 0.5) is 0 Å². The van der Waals surface area contributed by atoms with Crippen molar-refractivity contribution < 1.29 is 9.47 Å². The lowest BCUT2D eigenvalue weighted by atomic mass is 9.64. The summed E-state index contributed by atoms with van der Waals surface area (Å²) in [6.45, 7) is 14.0. The molecule has 2 atom stereocenters. The SMILES string of the molecule is C=C[C@]1(C)C(CCC(=C)C)=C(OC)CC[C@H]1COCc1ccccc1. The second kappa shape index (κ2) is 9.05. The van der Waals surface area contributed by atoms with E-state index in [1.165, 1.54) is 16.7 Å². The molecule has 0 fully saturated rings. The van der Waals surface area contributed by atoms with E-state index in [1.54, 1.807) is 7.11 Å². The quantitative estimate of drug-likeness (QED) is 0.508. The Morgan fingerprint density at radius 2 is 2.04 bits per heavy atom. The molecule has 2 rings (SSSR count). The average Bonchev–Trinajstić information content (AvgIpc) is 2.62. The van der Waals surface area contributed by atoms with Crippen molar-refractivity contribution in [1.82, 2.24) is 0 Å². The van der Waals surface area contributed by atoms with Crippen LogP contribution in [-0.2, 0) is 16.1 Å². The molecule has 136 valence electrons. The lowest BCUT2D eigenvalue weighted by molar-refractivity contribution is 0.0442. The Morgan fingerprint density at radius 3 is 2.64 bits per heavy atom. The summed E-state index contributed by atoms with van der Waals surface area (Å²) in [5, 5.41) is 0. The summed E-state index contributed by atoms with van der Waals surface area (Å²) in [5.74, 6) is 1.55. The van der Waals surface area contributed by atoms with E-state index in [0.717, 1.165) is 38.0 Å². The minimum absolute atomic E-state index is 0.0876. The molecule has 25 heavy (non-hydrogen) atoms. The van der Waals surface area contributed by atoms with Gasteiger partial charge >= 0.3 is 0 Å². The standard InChI is InChI=1S/C23H32O2/c1-6-23(4)20(17-25-16-19-10-8-7-9-11-19)13-15-22(24-5)21(23)14-12-18(2)3/h6-11,20H,1-2,12-17H2,3-5H3/t20-,23-/m0/s1. The molecule has 1 aromatic carbocycles. The average molecular weight is 341 g/mol. The van der Waals surface area contributed by atoms with Crippen LogP contribution in [0, 0.1) is 11.3 Å². The van der Waals surface area contributed by atoms with Crippen molar-refractivity contribution in [3.05, 3.63) is 72.0 Å². The zero-order valence-electron chi connectivity index (χ0n) is 16.0. The second-order valence-corrected chi connectivity index (χ2v) is 7.29. The van der Waals surface area contributed by atoms with E-state index in [1.807, 2.05) is 6.07 Å². The number of ether oxygens (including phenoxy) is 2. The predicted octanol–water partition coefficient (Wildman–Crippen LogP) is 6.06. The summed E-state index contributed by atoms with van der Waals surface area (Å²) >= 11 is 0. The fourth-order valence-corrected chi connectivity index (χ4v) is 3.71. The third-order valence-corrected chi connectivity index (χ3v) is 5.46. The van der Waals surface area contributed by atoms with E-state index in [-0.39, 0.29) is 5.41 Å². The highest BCUT2D eigenvalue weighted by Crippen LogP contribution is 2.48. The van der Waals surface area contributed by atoms with Crippen LogP contribution in [0.5, 0.6) is 0 Å². The summed E-state index contributed by atoms with van der Waals surface area (Å²) in [6.07, 6.45) is 6.11. The highest BCUT2D eigenvalue weighted by Gasteiger charge is 2.40. The molecule has 0 radical (unpaired) electrons. The van der Waals surface area contributed by atoms with E-state index < -0.39 is 0 Å². The zero-order chi connectivity index (χ0) is 18.3. The zero-order valence-corrected chi connectivity index (χ0v) is 16.0. The van der Waals surface area contributed by atoms with E-state index in [2.05, 4.69) is 57.3 Å². The van der Waals surface area contributed by atoms with Crippen LogP contribution in [0.25, 0.3) is 0 Å². The van der Waals surface area contributed by atoms with Gasteiger partial charge in [-0.15, -0.1) is 13.2 Å². The molecular weight excluding hydrogens is 308 g/mol. The van der Waals surface area contributed by atoms with Crippen LogP contribution in [0.1, 0.15) is 45.1 Å². The molecule has 0 heterocycles. The molecule has 1 aromatic rings. The van der Waals surface area contributed by atoms with Gasteiger partial charge in [-0.2, -0.15) is 0 Å². The first-order chi connectivity index (χ1) is 12.0. The van der Waals surface area contributed by atoms with Crippen molar-refractivity contribution in [2.75, 3.05) is 13.7 Å². The summed E-state index contributed by atoms with van der Waals surface area (Å²) in [5.41, 5.74) is 3.70. The summed E-state index contributed by atoms with van der Waals surface area (Å²) in [7, 11) is 1.78. The molecule has 0 aromatic heterocycles. The molecule has 0 aliphatic heterocycles. The van der Waals surface area contributed by atoms with Gasteiger partial charge in [0.2, 0.25) is 0 Å². The molecule has 0 saturated carbocycles. The Labute approximate surface area is 153 Å². The highest BCUT2D eigenvalue weighted by molar-refractivity contribution is 5.29. The van der Waals surface area contributed by atoms with E-state index in [0.29, 0.717) is 12.5 Å². The lowest BCUT2D eigenvalue weighted by Gasteiger charge is -2.42. The van der Waals surface area contributed by atoms with Gasteiger partial charge in [-0.05, 0) is 43.2 Å². The van der Waals surface area contributed by atoms with Gasteiger partial charge < -0.3 is 9.47 Å². The maximum absolute atomic E-state index is 6.07. The third kappa shape index (κ3) is 4.85. The number of allylic oxidation sites excluding steroid dienone is 4. The minimum Gasteiger partial charge on any atom is -0.501 e. The Hall–Kier alpha value is -1.80. The first kappa shape index (κ1) is 19.5. The molecule has 1 aliphatic rings. The van der Waals surface area contributed by atoms with E-state index >= 15 is 0 Å². The van der Waals surface area contributed by atoms with Crippen LogP contribution in [0.2, 0.25) is 0 Å². The van der Waals surface area contributed by atoms with Gasteiger partial charge in [-0.25, -0.2) is 0 Å². The molecular formula is C23H32O2. The summed E-state index contributed by atoms with van der Waals surface area (Å²) in [4.78, 5) is 0.